The van der Waals surface area contributed by atoms with Crippen LogP contribution in [0.25, 0.3) is 10.9 Å². The number of H-pyrrole nitrogens is 1. The Morgan fingerprint density at radius 2 is 2.29 bits per heavy atom. The number of amides is 1. The molecule has 104 valence electrons. The van der Waals surface area contributed by atoms with Gasteiger partial charge in [0.1, 0.15) is 0 Å². The van der Waals surface area contributed by atoms with Crippen LogP contribution >= 0.6 is 0 Å². The van der Waals surface area contributed by atoms with E-state index in [1.54, 1.807) is 30.6 Å². The van der Waals surface area contributed by atoms with Crippen LogP contribution < -0.4 is 5.32 Å². The van der Waals surface area contributed by atoms with Crippen molar-refractivity contribution in [3.05, 3.63) is 60.6 Å². The molecule has 0 saturated heterocycles. The van der Waals surface area contributed by atoms with Crippen LogP contribution in [0, 0.1) is 0 Å². The molecule has 0 aliphatic carbocycles. The summed E-state index contributed by atoms with van der Waals surface area (Å²) in [6, 6.07) is 11.0. The Labute approximate surface area is 120 Å². The smallest absolute Gasteiger partial charge is 0.361 e. The molecule has 0 aliphatic heterocycles. The summed E-state index contributed by atoms with van der Waals surface area (Å²) in [7, 11) is 0. The van der Waals surface area contributed by atoms with Crippen molar-refractivity contribution in [3.63, 3.8) is 0 Å². The number of carbonyl (C=O) groups excluding carboxylic acids is 1. The summed E-state index contributed by atoms with van der Waals surface area (Å²) in [5, 5.41) is 7.22. The van der Waals surface area contributed by atoms with Crippen LogP contribution in [0.1, 0.15) is 5.56 Å². The first-order valence-electron chi connectivity index (χ1n) is 6.30. The number of oxime groups is 1. The van der Waals surface area contributed by atoms with E-state index in [1.807, 2.05) is 24.4 Å². The molecule has 6 nitrogen and oxygen atoms in total. The van der Waals surface area contributed by atoms with E-state index >= 15 is 0 Å². The van der Waals surface area contributed by atoms with Gasteiger partial charge in [0.2, 0.25) is 0 Å². The van der Waals surface area contributed by atoms with E-state index in [4.69, 9.17) is 4.84 Å². The van der Waals surface area contributed by atoms with Gasteiger partial charge < -0.3 is 4.98 Å². The number of rotatable bonds is 3. The molecule has 1 aromatic carbocycles. The SMILES string of the molecule is O=C(Nc1ccc2[nH]ccc2c1)ON=Cc1cccnc1. The molecule has 2 heterocycles. The highest BCUT2D eigenvalue weighted by molar-refractivity contribution is 5.90. The second kappa shape index (κ2) is 5.87. The molecule has 0 bridgehead atoms. The van der Waals surface area contributed by atoms with Crippen LogP contribution in [0.2, 0.25) is 0 Å². The third kappa shape index (κ3) is 3.24. The Bertz CT molecular complexity index is 780. The van der Waals surface area contributed by atoms with Gasteiger partial charge >= 0.3 is 6.09 Å². The summed E-state index contributed by atoms with van der Waals surface area (Å²) in [6.45, 7) is 0. The monoisotopic (exact) mass is 280 g/mol. The fourth-order valence-corrected chi connectivity index (χ4v) is 1.86. The van der Waals surface area contributed by atoms with E-state index in [0.717, 1.165) is 16.5 Å². The minimum atomic E-state index is -0.648. The number of nitrogens with zero attached hydrogens (tertiary/aromatic N) is 2. The maximum atomic E-state index is 11.6. The lowest BCUT2D eigenvalue weighted by atomic mass is 10.2. The molecule has 21 heavy (non-hydrogen) atoms. The van der Waals surface area contributed by atoms with E-state index in [1.165, 1.54) is 6.21 Å². The van der Waals surface area contributed by atoms with Crippen LogP contribution in [-0.4, -0.2) is 22.3 Å². The van der Waals surface area contributed by atoms with Crippen LogP contribution in [0.5, 0.6) is 0 Å². The number of pyridine rings is 1. The average molecular weight is 280 g/mol. The molecule has 2 aromatic heterocycles. The average Bonchev–Trinajstić information content (AvgIpc) is 2.96. The van der Waals surface area contributed by atoms with Crippen molar-refractivity contribution < 1.29 is 9.63 Å². The lowest BCUT2D eigenvalue weighted by Crippen LogP contribution is -2.10. The Morgan fingerprint density at radius 3 is 3.14 bits per heavy atom. The van der Waals surface area contributed by atoms with Gasteiger partial charge in [-0.25, -0.2) is 4.79 Å². The van der Waals surface area contributed by atoms with Crippen molar-refractivity contribution in [1.82, 2.24) is 9.97 Å². The summed E-state index contributed by atoms with van der Waals surface area (Å²) >= 11 is 0. The summed E-state index contributed by atoms with van der Waals surface area (Å²) < 4.78 is 0. The first-order chi connectivity index (χ1) is 10.3. The number of carbonyl (C=O) groups is 1. The van der Waals surface area contributed by atoms with E-state index in [-0.39, 0.29) is 0 Å². The van der Waals surface area contributed by atoms with Crippen LogP contribution in [0.4, 0.5) is 10.5 Å². The molecule has 3 rings (SSSR count). The normalized spacial score (nSPS) is 10.9. The number of nitrogens with one attached hydrogen (secondary N) is 2. The minimum absolute atomic E-state index is 0.642. The minimum Gasteiger partial charge on any atom is -0.361 e. The van der Waals surface area contributed by atoms with Crippen molar-refractivity contribution in [2.24, 2.45) is 5.16 Å². The van der Waals surface area contributed by atoms with Gasteiger partial charge in [0, 0.05) is 40.7 Å². The molecule has 0 spiro atoms. The quantitative estimate of drug-likeness (QED) is 0.439. The highest BCUT2D eigenvalue weighted by atomic mass is 16.7. The number of fused-ring (bicyclic) bond motifs is 1. The second-order valence-electron chi connectivity index (χ2n) is 4.30. The van der Waals surface area contributed by atoms with Gasteiger partial charge in [-0.05, 0) is 30.3 Å². The Morgan fingerprint density at radius 1 is 1.33 bits per heavy atom. The molecular weight excluding hydrogens is 268 g/mol. The maximum Gasteiger partial charge on any atom is 0.437 e. The Kier molecular flexibility index (Phi) is 3.60. The summed E-state index contributed by atoms with van der Waals surface area (Å²) in [5.74, 6) is 0. The topological polar surface area (TPSA) is 79.4 Å². The molecule has 0 radical (unpaired) electrons. The summed E-state index contributed by atoms with van der Waals surface area (Å²) in [5.41, 5.74) is 2.39. The molecule has 0 fully saturated rings. The van der Waals surface area contributed by atoms with E-state index in [2.05, 4.69) is 20.4 Å². The van der Waals surface area contributed by atoms with E-state index < -0.39 is 6.09 Å². The molecule has 0 atom stereocenters. The van der Waals surface area contributed by atoms with Crippen LogP contribution in [0.15, 0.2) is 60.1 Å². The molecule has 1 amide bonds. The van der Waals surface area contributed by atoms with Gasteiger partial charge in [0.05, 0.1) is 6.21 Å². The van der Waals surface area contributed by atoms with Crippen molar-refractivity contribution >= 4 is 28.9 Å². The molecule has 2 N–H and O–H groups in total. The zero-order valence-corrected chi connectivity index (χ0v) is 11.0. The largest absolute Gasteiger partial charge is 0.437 e. The predicted octanol–water partition coefficient (Wildman–Crippen LogP) is 3.15. The van der Waals surface area contributed by atoms with Gasteiger partial charge in [-0.3, -0.25) is 15.1 Å². The standard InChI is InChI=1S/C15H12N4O2/c20-15(21-18-10-11-2-1-6-16-9-11)19-13-3-4-14-12(8-13)5-7-17-14/h1-10,17H,(H,19,20). The zero-order valence-electron chi connectivity index (χ0n) is 11.0. The Balaban J connectivity index is 1.60. The zero-order chi connectivity index (χ0) is 14.5. The van der Waals surface area contributed by atoms with Crippen molar-refractivity contribution in [2.75, 3.05) is 5.32 Å². The lowest BCUT2D eigenvalue weighted by Gasteiger charge is -2.02. The summed E-state index contributed by atoms with van der Waals surface area (Å²) in [4.78, 5) is 23.3. The highest BCUT2D eigenvalue weighted by Gasteiger charge is 2.03. The van der Waals surface area contributed by atoms with Gasteiger partial charge in [-0.15, -0.1) is 0 Å². The first kappa shape index (κ1) is 12.9. The lowest BCUT2D eigenvalue weighted by molar-refractivity contribution is 0.167. The second-order valence-corrected chi connectivity index (χ2v) is 4.30. The third-order valence-corrected chi connectivity index (χ3v) is 2.82. The van der Waals surface area contributed by atoms with Crippen molar-refractivity contribution in [3.8, 4) is 0 Å². The maximum absolute atomic E-state index is 11.6. The van der Waals surface area contributed by atoms with Crippen molar-refractivity contribution in [2.45, 2.75) is 0 Å². The van der Waals surface area contributed by atoms with E-state index in [9.17, 15) is 4.79 Å². The number of anilines is 1. The Hall–Kier alpha value is -3.15. The van der Waals surface area contributed by atoms with Crippen molar-refractivity contribution in [1.29, 1.82) is 0 Å². The molecule has 0 saturated carbocycles. The third-order valence-electron chi connectivity index (χ3n) is 2.82. The first-order valence-corrected chi connectivity index (χ1v) is 6.30. The van der Waals surface area contributed by atoms with Crippen LogP contribution in [0.3, 0.4) is 0 Å². The van der Waals surface area contributed by atoms with E-state index in [0.29, 0.717) is 5.69 Å². The summed E-state index contributed by atoms with van der Waals surface area (Å²) in [6.07, 6.45) is 5.88. The fraction of sp³-hybridized carbons (Fsp3) is 0. The van der Waals surface area contributed by atoms with Gasteiger partial charge in [-0.2, -0.15) is 0 Å². The number of benzene rings is 1. The highest BCUT2D eigenvalue weighted by Crippen LogP contribution is 2.17. The number of hydrogen-bond acceptors (Lipinski definition) is 4. The fourth-order valence-electron chi connectivity index (χ4n) is 1.86. The molecule has 0 unspecified atom stereocenters. The number of hydrogen-bond donors (Lipinski definition) is 2. The molecular formula is C15H12N4O2. The van der Waals surface area contributed by atoms with Gasteiger partial charge in [0.25, 0.3) is 0 Å². The molecule has 6 heteroatoms. The number of aromatic nitrogens is 2. The predicted molar refractivity (Wildman–Crippen MR) is 80.2 cm³/mol. The van der Waals surface area contributed by atoms with Gasteiger partial charge in [-0.1, -0.05) is 11.2 Å². The molecule has 0 aliphatic rings. The molecule has 3 aromatic rings. The van der Waals surface area contributed by atoms with Crippen LogP contribution in [-0.2, 0) is 4.84 Å². The number of aromatic amines is 1. The van der Waals surface area contributed by atoms with Gasteiger partial charge in [0.15, 0.2) is 0 Å².